The van der Waals surface area contributed by atoms with Crippen LogP contribution in [0.25, 0.3) is 17.2 Å². The molecule has 0 aliphatic rings. The van der Waals surface area contributed by atoms with E-state index in [1.165, 1.54) is 42.5 Å². The van der Waals surface area contributed by atoms with Gasteiger partial charge in [-0.3, -0.25) is 14.2 Å². The van der Waals surface area contributed by atoms with Crippen LogP contribution in [-0.2, 0) is 11.3 Å². The summed E-state index contributed by atoms with van der Waals surface area (Å²) in [5, 5.41) is 10.9. The Morgan fingerprint density at radius 2 is 1.85 bits per heavy atom. The van der Waals surface area contributed by atoms with Crippen molar-refractivity contribution in [3.63, 3.8) is 0 Å². The summed E-state index contributed by atoms with van der Waals surface area (Å²) in [5.74, 6) is -4.29. The summed E-state index contributed by atoms with van der Waals surface area (Å²) in [7, 11) is 0. The lowest BCUT2D eigenvalue weighted by molar-refractivity contribution is -0.169. The van der Waals surface area contributed by atoms with Crippen LogP contribution in [-0.4, -0.2) is 32.1 Å². The lowest BCUT2D eigenvalue weighted by atomic mass is 10.2. The van der Waals surface area contributed by atoms with Gasteiger partial charge in [0.25, 0.3) is 0 Å². The molecule has 0 spiro atoms. The number of hydrogen-bond acceptors (Lipinski definition) is 8. The number of anilines is 2. The van der Waals surface area contributed by atoms with Gasteiger partial charge >= 0.3 is 17.8 Å². The maximum Gasteiger partial charge on any atom is 0.472 e. The number of nitrogens with zero attached hydrogens (tertiary/aromatic N) is 5. The molecule has 2 aromatic heterocycles. The molecule has 0 aliphatic heterocycles. The minimum absolute atomic E-state index is 0.134. The number of alkyl halides is 3. The molecule has 2 heterocycles. The van der Waals surface area contributed by atoms with E-state index in [1.807, 2.05) is 0 Å². The highest BCUT2D eigenvalue weighted by Gasteiger charge is 2.46. The number of aromatic nitrogens is 4. The third kappa shape index (κ3) is 4.23. The van der Waals surface area contributed by atoms with Crippen molar-refractivity contribution in [1.29, 1.82) is 0 Å². The second-order valence-electron chi connectivity index (χ2n) is 6.53. The number of amides is 1. The second kappa shape index (κ2) is 8.52. The average Bonchev–Trinajstić information content (AvgIpc) is 3.40. The average molecular weight is 481 g/mol. The third-order valence-corrected chi connectivity index (χ3v) is 4.68. The molecule has 2 N–H and O–H groups in total. The summed E-state index contributed by atoms with van der Waals surface area (Å²) >= 11 is 5.97. The van der Waals surface area contributed by atoms with Gasteiger partial charge in [0.05, 0.1) is 11.4 Å². The molecule has 0 saturated heterocycles. The van der Waals surface area contributed by atoms with Crippen LogP contribution < -0.4 is 16.4 Å². The van der Waals surface area contributed by atoms with Crippen molar-refractivity contribution in [3.8, 4) is 17.2 Å². The molecular weight excluding hydrogens is 469 g/mol. The van der Waals surface area contributed by atoms with E-state index in [0.717, 1.165) is 4.57 Å². The summed E-state index contributed by atoms with van der Waals surface area (Å²) in [6, 6.07) is 11.3. The van der Waals surface area contributed by atoms with Crippen molar-refractivity contribution in [3.05, 3.63) is 69.7 Å². The van der Waals surface area contributed by atoms with Gasteiger partial charge in [-0.05, 0) is 46.2 Å². The molecule has 14 heteroatoms. The molecule has 170 valence electrons. The Morgan fingerprint density at radius 1 is 1.12 bits per heavy atom. The molecule has 4 rings (SSSR count). The highest BCUT2D eigenvalue weighted by atomic mass is 35.5. The lowest BCUT2D eigenvalue weighted by Crippen LogP contribution is -2.38. The Labute approximate surface area is 186 Å². The largest absolute Gasteiger partial charge is 0.472 e. The van der Waals surface area contributed by atoms with Crippen LogP contribution in [0.15, 0.2) is 62.5 Å². The number of carbonyl (C=O) groups excluding carboxylic acids is 1. The van der Waals surface area contributed by atoms with Crippen molar-refractivity contribution < 1.29 is 27.1 Å². The van der Waals surface area contributed by atoms with Gasteiger partial charge in [-0.15, -0.1) is 0 Å². The van der Waals surface area contributed by atoms with Crippen molar-refractivity contribution in [1.82, 2.24) is 20.0 Å². The fourth-order valence-electron chi connectivity index (χ4n) is 2.96. The Morgan fingerprint density at radius 3 is 2.48 bits per heavy atom. The second-order valence-corrected chi connectivity index (χ2v) is 6.97. The topological polar surface area (TPSA) is 133 Å². The normalized spacial score (nSPS) is 11.5. The van der Waals surface area contributed by atoms with Crippen LogP contribution in [0.3, 0.4) is 0 Å². The van der Waals surface area contributed by atoms with E-state index in [4.69, 9.17) is 17.3 Å². The first-order valence-electron chi connectivity index (χ1n) is 9.08. The van der Waals surface area contributed by atoms with Crippen molar-refractivity contribution in [2.75, 3.05) is 4.90 Å². The molecule has 2 aromatic carbocycles. The Kier molecular flexibility index (Phi) is 5.74. The maximum atomic E-state index is 13.5. The SMILES string of the molecule is NCc1ccc(N(C(=O)C(F)(F)F)c2nonc2-c2noc(=O)n2-c2cccc(Cl)c2)cc1. The molecule has 0 aliphatic carbocycles. The van der Waals surface area contributed by atoms with E-state index in [0.29, 0.717) is 5.56 Å². The van der Waals surface area contributed by atoms with E-state index in [-0.39, 0.29) is 33.7 Å². The lowest BCUT2D eigenvalue weighted by Gasteiger charge is -2.21. The summed E-state index contributed by atoms with van der Waals surface area (Å²) in [6.07, 6.45) is -5.28. The quantitative estimate of drug-likeness (QED) is 0.460. The first kappa shape index (κ1) is 22.2. The van der Waals surface area contributed by atoms with Gasteiger partial charge in [-0.25, -0.2) is 14.0 Å². The highest BCUT2D eigenvalue weighted by molar-refractivity contribution is 6.30. The fraction of sp³-hybridized carbons (Fsp3) is 0.105. The summed E-state index contributed by atoms with van der Waals surface area (Å²) in [4.78, 5) is 24.9. The number of rotatable bonds is 5. The van der Waals surface area contributed by atoms with Gasteiger partial charge < -0.3 is 5.73 Å². The molecule has 4 aromatic rings. The number of carbonyl (C=O) groups is 1. The van der Waals surface area contributed by atoms with Gasteiger partial charge in [0, 0.05) is 11.6 Å². The van der Waals surface area contributed by atoms with Gasteiger partial charge in [0.2, 0.25) is 11.6 Å². The number of benzene rings is 2. The number of halogens is 4. The van der Waals surface area contributed by atoms with E-state index < -0.39 is 29.4 Å². The van der Waals surface area contributed by atoms with Crippen LogP contribution >= 0.6 is 11.6 Å². The van der Waals surface area contributed by atoms with E-state index in [1.54, 1.807) is 6.07 Å². The minimum atomic E-state index is -5.28. The van der Waals surface area contributed by atoms with E-state index >= 15 is 0 Å². The molecule has 0 bridgehead atoms. The summed E-state index contributed by atoms with van der Waals surface area (Å²) in [6.45, 7) is 0.134. The van der Waals surface area contributed by atoms with Crippen LogP contribution in [0.1, 0.15) is 5.56 Å². The van der Waals surface area contributed by atoms with Crippen LogP contribution in [0.4, 0.5) is 24.7 Å². The van der Waals surface area contributed by atoms with Crippen LogP contribution in [0.2, 0.25) is 5.02 Å². The molecule has 1 amide bonds. The fourth-order valence-corrected chi connectivity index (χ4v) is 3.14. The Balaban J connectivity index is 1.90. The molecule has 0 radical (unpaired) electrons. The molecule has 0 fully saturated rings. The minimum Gasteiger partial charge on any atom is -0.326 e. The van der Waals surface area contributed by atoms with Crippen molar-refractivity contribution in [2.24, 2.45) is 5.73 Å². The molecule has 10 nitrogen and oxygen atoms in total. The Bertz CT molecular complexity index is 1360. The number of hydrogen-bond donors (Lipinski definition) is 1. The third-order valence-electron chi connectivity index (χ3n) is 4.44. The van der Waals surface area contributed by atoms with Crippen LogP contribution in [0, 0.1) is 0 Å². The standard InChI is InChI=1S/C19H12ClF3N6O4/c20-11-2-1-3-13(8-11)29-15(26-32-18(29)31)14-16(27-33-25-14)28(17(30)19(21,22)23)12-6-4-10(9-24)5-7-12/h1-8H,9,24H2. The molecule has 33 heavy (non-hydrogen) atoms. The predicted octanol–water partition coefficient (Wildman–Crippen LogP) is 3.21. The first-order chi connectivity index (χ1) is 15.7. The zero-order valence-corrected chi connectivity index (χ0v) is 17.0. The van der Waals surface area contributed by atoms with Crippen molar-refractivity contribution >= 4 is 29.0 Å². The maximum absolute atomic E-state index is 13.5. The molecular formula is C19H12ClF3N6O4. The smallest absolute Gasteiger partial charge is 0.326 e. The van der Waals surface area contributed by atoms with E-state index in [9.17, 15) is 22.8 Å². The van der Waals surface area contributed by atoms with Gasteiger partial charge in [0.15, 0.2) is 5.69 Å². The monoisotopic (exact) mass is 480 g/mol. The molecule has 0 atom stereocenters. The van der Waals surface area contributed by atoms with Gasteiger partial charge in [-0.1, -0.05) is 35.0 Å². The van der Waals surface area contributed by atoms with Crippen molar-refractivity contribution in [2.45, 2.75) is 12.7 Å². The zero-order chi connectivity index (χ0) is 23.8. The Hall–Kier alpha value is -3.97. The molecule has 0 unspecified atom stereocenters. The first-order valence-corrected chi connectivity index (χ1v) is 9.46. The predicted molar refractivity (Wildman–Crippen MR) is 108 cm³/mol. The molecule has 0 saturated carbocycles. The summed E-state index contributed by atoms with van der Waals surface area (Å²) < 4.78 is 50.6. The zero-order valence-electron chi connectivity index (χ0n) is 16.3. The summed E-state index contributed by atoms with van der Waals surface area (Å²) in [5.41, 5.74) is 5.66. The van der Waals surface area contributed by atoms with Gasteiger partial charge in [-0.2, -0.15) is 13.2 Å². The van der Waals surface area contributed by atoms with E-state index in [2.05, 4.69) is 24.6 Å². The number of nitrogens with two attached hydrogens (primary N) is 1. The van der Waals surface area contributed by atoms with Gasteiger partial charge in [0.1, 0.15) is 0 Å². The highest BCUT2D eigenvalue weighted by Crippen LogP contribution is 2.35. The van der Waals surface area contributed by atoms with Crippen LogP contribution in [0.5, 0.6) is 0 Å².